The van der Waals surface area contributed by atoms with Crippen molar-refractivity contribution in [3.8, 4) is 0 Å². The highest BCUT2D eigenvalue weighted by Crippen LogP contribution is 2.17. The van der Waals surface area contributed by atoms with Crippen LogP contribution in [0.2, 0.25) is 0 Å². The van der Waals surface area contributed by atoms with Gasteiger partial charge in [-0.25, -0.2) is 4.39 Å². The van der Waals surface area contributed by atoms with Gasteiger partial charge in [0.15, 0.2) is 0 Å². The van der Waals surface area contributed by atoms with E-state index in [1.807, 2.05) is 0 Å². The molecule has 2 N–H and O–H groups in total. The van der Waals surface area contributed by atoms with Gasteiger partial charge in [-0.1, -0.05) is 45.8 Å². The summed E-state index contributed by atoms with van der Waals surface area (Å²) in [6, 6.07) is 4.64. The molecule has 0 heterocycles. The Bertz CT molecular complexity index is 444. The number of hydrogen-bond acceptors (Lipinski definition) is 2. The molecule has 0 bridgehead atoms. The van der Waals surface area contributed by atoms with Gasteiger partial charge in [-0.2, -0.15) is 0 Å². The summed E-state index contributed by atoms with van der Waals surface area (Å²) in [6.45, 7) is 9.20. The van der Waals surface area contributed by atoms with Crippen molar-refractivity contribution in [2.24, 2.45) is 11.7 Å². The summed E-state index contributed by atoms with van der Waals surface area (Å²) in [6.07, 6.45) is 2.33. The lowest BCUT2D eigenvalue weighted by Crippen LogP contribution is -2.29. The molecule has 0 aromatic heterocycles. The Morgan fingerprint density at radius 2 is 1.95 bits per heavy atom. The van der Waals surface area contributed by atoms with E-state index in [4.69, 9.17) is 18.0 Å². The summed E-state index contributed by atoms with van der Waals surface area (Å²) < 4.78 is 13.5. The lowest BCUT2D eigenvalue weighted by molar-refractivity contribution is 0.226. The fraction of sp³-hybridized carbons (Fsp3) is 0.562. The maximum atomic E-state index is 13.5. The van der Waals surface area contributed by atoms with Crippen molar-refractivity contribution in [1.82, 2.24) is 4.90 Å². The zero-order valence-electron chi connectivity index (χ0n) is 12.7. The van der Waals surface area contributed by atoms with E-state index < -0.39 is 0 Å². The van der Waals surface area contributed by atoms with Gasteiger partial charge in [0.25, 0.3) is 0 Å². The molecule has 0 radical (unpaired) electrons. The van der Waals surface area contributed by atoms with Gasteiger partial charge < -0.3 is 5.73 Å². The highest BCUT2D eigenvalue weighted by molar-refractivity contribution is 7.80. The van der Waals surface area contributed by atoms with E-state index in [1.165, 1.54) is 6.07 Å². The second-order valence-electron chi connectivity index (χ2n) is 5.18. The van der Waals surface area contributed by atoms with Crippen LogP contribution in [0.15, 0.2) is 18.2 Å². The highest BCUT2D eigenvalue weighted by atomic mass is 32.1. The SMILES string of the molecule is CCC(CC)CN(CC)Cc1cc(F)ccc1C(N)=S. The van der Waals surface area contributed by atoms with E-state index in [0.29, 0.717) is 17.5 Å². The zero-order chi connectivity index (χ0) is 15.1. The van der Waals surface area contributed by atoms with Crippen LogP contribution in [0.25, 0.3) is 0 Å². The van der Waals surface area contributed by atoms with Crippen molar-refractivity contribution in [3.63, 3.8) is 0 Å². The third kappa shape index (κ3) is 4.84. The third-order valence-electron chi connectivity index (χ3n) is 3.85. The molecule has 0 atom stereocenters. The van der Waals surface area contributed by atoms with Crippen LogP contribution in [0.3, 0.4) is 0 Å². The number of benzene rings is 1. The van der Waals surface area contributed by atoms with E-state index in [0.717, 1.165) is 37.1 Å². The maximum absolute atomic E-state index is 13.5. The molecule has 0 spiro atoms. The molecular weight excluding hydrogens is 271 g/mol. The molecule has 0 saturated heterocycles. The second kappa shape index (κ2) is 8.32. The van der Waals surface area contributed by atoms with Crippen LogP contribution < -0.4 is 5.73 Å². The van der Waals surface area contributed by atoms with Crippen molar-refractivity contribution < 1.29 is 4.39 Å². The largest absolute Gasteiger partial charge is 0.389 e. The fourth-order valence-corrected chi connectivity index (χ4v) is 2.59. The molecule has 1 aromatic rings. The Hall–Kier alpha value is -1.00. The van der Waals surface area contributed by atoms with E-state index in [9.17, 15) is 4.39 Å². The van der Waals surface area contributed by atoms with Crippen LogP contribution in [0.4, 0.5) is 4.39 Å². The predicted molar refractivity (Wildman–Crippen MR) is 87.3 cm³/mol. The van der Waals surface area contributed by atoms with Crippen LogP contribution in [-0.4, -0.2) is 23.0 Å². The van der Waals surface area contributed by atoms with Crippen LogP contribution in [0.5, 0.6) is 0 Å². The van der Waals surface area contributed by atoms with E-state index in [-0.39, 0.29) is 5.82 Å². The summed E-state index contributed by atoms with van der Waals surface area (Å²) in [5.41, 5.74) is 7.39. The third-order valence-corrected chi connectivity index (χ3v) is 4.06. The van der Waals surface area contributed by atoms with Gasteiger partial charge in [0.2, 0.25) is 0 Å². The number of nitrogens with zero attached hydrogens (tertiary/aromatic N) is 1. The molecule has 0 saturated carbocycles. The van der Waals surface area contributed by atoms with Crippen LogP contribution >= 0.6 is 12.2 Å². The highest BCUT2D eigenvalue weighted by Gasteiger charge is 2.14. The van der Waals surface area contributed by atoms with Gasteiger partial charge in [0.05, 0.1) is 0 Å². The Balaban J connectivity index is 2.88. The van der Waals surface area contributed by atoms with Crippen molar-refractivity contribution in [3.05, 3.63) is 35.1 Å². The minimum Gasteiger partial charge on any atom is -0.389 e. The Labute approximate surface area is 127 Å². The molecule has 4 heteroatoms. The van der Waals surface area contributed by atoms with Gasteiger partial charge in [-0.15, -0.1) is 0 Å². The van der Waals surface area contributed by atoms with Gasteiger partial charge in [-0.05, 0) is 36.2 Å². The lowest BCUT2D eigenvalue weighted by Gasteiger charge is -2.26. The van der Waals surface area contributed by atoms with E-state index in [1.54, 1.807) is 12.1 Å². The average Bonchev–Trinajstić information content (AvgIpc) is 2.43. The maximum Gasteiger partial charge on any atom is 0.123 e. The number of nitrogens with two attached hydrogens (primary N) is 1. The van der Waals surface area contributed by atoms with Gasteiger partial charge in [0.1, 0.15) is 10.8 Å². The Kier molecular flexibility index (Phi) is 7.10. The van der Waals surface area contributed by atoms with E-state index >= 15 is 0 Å². The minimum absolute atomic E-state index is 0.237. The number of hydrogen-bond donors (Lipinski definition) is 1. The summed E-state index contributed by atoms with van der Waals surface area (Å²) in [5.74, 6) is 0.440. The molecule has 0 aliphatic carbocycles. The van der Waals surface area contributed by atoms with Gasteiger partial charge in [0, 0.05) is 18.7 Å². The smallest absolute Gasteiger partial charge is 0.123 e. The van der Waals surface area contributed by atoms with Crippen molar-refractivity contribution >= 4 is 17.2 Å². The van der Waals surface area contributed by atoms with Crippen molar-refractivity contribution in [2.45, 2.75) is 40.2 Å². The summed E-state index contributed by atoms with van der Waals surface area (Å²) in [7, 11) is 0. The molecule has 1 aromatic carbocycles. The fourth-order valence-electron chi connectivity index (χ4n) is 2.39. The van der Waals surface area contributed by atoms with Crippen molar-refractivity contribution in [2.75, 3.05) is 13.1 Å². The first-order valence-electron chi connectivity index (χ1n) is 7.32. The zero-order valence-corrected chi connectivity index (χ0v) is 13.5. The van der Waals surface area contributed by atoms with Crippen LogP contribution in [0.1, 0.15) is 44.7 Å². The normalized spacial score (nSPS) is 11.3. The topological polar surface area (TPSA) is 29.3 Å². The molecule has 0 amide bonds. The quantitative estimate of drug-likeness (QED) is 0.741. The predicted octanol–water partition coefficient (Wildman–Crippen LogP) is 3.72. The first kappa shape index (κ1) is 17.1. The van der Waals surface area contributed by atoms with E-state index in [2.05, 4.69) is 25.7 Å². The summed E-state index contributed by atoms with van der Waals surface area (Å²) >= 11 is 5.05. The molecule has 112 valence electrons. The molecule has 0 unspecified atom stereocenters. The number of halogens is 1. The van der Waals surface area contributed by atoms with Gasteiger partial charge in [-0.3, -0.25) is 4.90 Å². The molecule has 0 aliphatic heterocycles. The standard InChI is InChI=1S/C16H25FN2S/c1-4-12(5-2)10-19(6-3)11-13-9-14(17)7-8-15(13)16(18)20/h7-9,12H,4-6,10-11H2,1-3H3,(H2,18,20). The number of thiocarbonyl (C=S) groups is 1. The average molecular weight is 296 g/mol. The first-order valence-corrected chi connectivity index (χ1v) is 7.73. The molecule has 20 heavy (non-hydrogen) atoms. The molecule has 0 fully saturated rings. The second-order valence-corrected chi connectivity index (χ2v) is 5.62. The van der Waals surface area contributed by atoms with Gasteiger partial charge >= 0.3 is 0 Å². The molecule has 2 nitrogen and oxygen atoms in total. The number of rotatable bonds is 8. The first-order chi connectivity index (χ1) is 9.51. The van der Waals surface area contributed by atoms with Crippen LogP contribution in [0, 0.1) is 11.7 Å². The summed E-state index contributed by atoms with van der Waals surface area (Å²) in [4.78, 5) is 2.66. The minimum atomic E-state index is -0.237. The Morgan fingerprint density at radius 3 is 2.45 bits per heavy atom. The molecule has 1 rings (SSSR count). The summed E-state index contributed by atoms with van der Waals surface area (Å²) in [5, 5.41) is 0. The molecule has 0 aliphatic rings. The monoisotopic (exact) mass is 296 g/mol. The van der Waals surface area contributed by atoms with Crippen LogP contribution in [-0.2, 0) is 6.54 Å². The lowest BCUT2D eigenvalue weighted by atomic mass is 10.0. The molecular formula is C16H25FN2S. The Morgan fingerprint density at radius 1 is 1.30 bits per heavy atom. The van der Waals surface area contributed by atoms with Crippen molar-refractivity contribution in [1.29, 1.82) is 0 Å².